The summed E-state index contributed by atoms with van der Waals surface area (Å²) < 4.78 is 8.33. The van der Waals surface area contributed by atoms with Crippen LogP contribution in [0.25, 0.3) is 22.4 Å². The van der Waals surface area contributed by atoms with E-state index >= 15 is 0 Å². The molecule has 0 aliphatic rings. The number of aromatic nitrogens is 2. The Balaban J connectivity index is 1.58. The third kappa shape index (κ3) is 4.04. The molecule has 1 heterocycles. The molecule has 3 nitrogen and oxygen atoms in total. The van der Waals surface area contributed by atoms with Crippen LogP contribution in [0, 0.1) is 6.92 Å². The summed E-state index contributed by atoms with van der Waals surface area (Å²) in [5.41, 5.74) is 6.00. The Morgan fingerprint density at radius 1 is 0.862 bits per heavy atom. The van der Waals surface area contributed by atoms with Crippen molar-refractivity contribution >= 4 is 11.0 Å². The SMILES string of the molecule is Cc1ccccc1-c1nc2ccccc2n1CCOc1ccc(C(C)(C)C)cc1. The Labute approximate surface area is 173 Å². The quantitative estimate of drug-likeness (QED) is 0.399. The highest BCUT2D eigenvalue weighted by atomic mass is 16.5. The van der Waals surface area contributed by atoms with Crippen molar-refractivity contribution in [3.63, 3.8) is 0 Å². The van der Waals surface area contributed by atoms with E-state index in [4.69, 9.17) is 9.72 Å². The Kier molecular flexibility index (Phi) is 5.14. The lowest BCUT2D eigenvalue weighted by Gasteiger charge is -2.19. The number of para-hydroxylation sites is 2. The maximum atomic E-state index is 6.07. The number of nitrogens with zero attached hydrogens (tertiary/aromatic N) is 2. The Morgan fingerprint density at radius 3 is 2.28 bits per heavy atom. The molecule has 29 heavy (non-hydrogen) atoms. The van der Waals surface area contributed by atoms with Crippen LogP contribution in [0.1, 0.15) is 31.9 Å². The number of aryl methyl sites for hydroxylation is 1. The van der Waals surface area contributed by atoms with Gasteiger partial charge in [-0.05, 0) is 47.7 Å². The van der Waals surface area contributed by atoms with Gasteiger partial charge in [0.25, 0.3) is 0 Å². The zero-order chi connectivity index (χ0) is 20.4. The minimum absolute atomic E-state index is 0.150. The lowest BCUT2D eigenvalue weighted by molar-refractivity contribution is 0.300. The zero-order valence-corrected chi connectivity index (χ0v) is 17.6. The van der Waals surface area contributed by atoms with Crippen molar-refractivity contribution in [2.24, 2.45) is 0 Å². The lowest BCUT2D eigenvalue weighted by Crippen LogP contribution is -2.11. The van der Waals surface area contributed by atoms with Gasteiger partial charge in [0.05, 0.1) is 17.6 Å². The van der Waals surface area contributed by atoms with E-state index in [0.29, 0.717) is 6.61 Å². The molecule has 0 spiro atoms. The second-order valence-corrected chi connectivity index (χ2v) is 8.51. The van der Waals surface area contributed by atoms with Crippen LogP contribution in [0.15, 0.2) is 72.8 Å². The van der Waals surface area contributed by atoms with Crippen molar-refractivity contribution in [3.8, 4) is 17.1 Å². The minimum Gasteiger partial charge on any atom is -0.492 e. The van der Waals surface area contributed by atoms with E-state index in [1.807, 2.05) is 6.07 Å². The highest BCUT2D eigenvalue weighted by molar-refractivity contribution is 5.81. The van der Waals surface area contributed by atoms with Gasteiger partial charge >= 0.3 is 0 Å². The van der Waals surface area contributed by atoms with Gasteiger partial charge in [-0.2, -0.15) is 0 Å². The van der Waals surface area contributed by atoms with Crippen LogP contribution in [-0.4, -0.2) is 16.2 Å². The Bertz CT molecular complexity index is 1120. The lowest BCUT2D eigenvalue weighted by atomic mass is 9.87. The van der Waals surface area contributed by atoms with E-state index in [2.05, 4.69) is 99.0 Å². The summed E-state index contributed by atoms with van der Waals surface area (Å²) in [6, 6.07) is 25.1. The van der Waals surface area contributed by atoms with Crippen molar-refractivity contribution < 1.29 is 4.74 Å². The molecule has 4 rings (SSSR count). The maximum Gasteiger partial charge on any atom is 0.141 e. The number of ether oxygens (including phenoxy) is 1. The first-order valence-electron chi connectivity index (χ1n) is 10.2. The van der Waals surface area contributed by atoms with Gasteiger partial charge in [-0.3, -0.25) is 0 Å². The number of benzene rings is 3. The summed E-state index contributed by atoms with van der Waals surface area (Å²) in [7, 11) is 0. The molecule has 4 aromatic rings. The van der Waals surface area contributed by atoms with Crippen LogP contribution >= 0.6 is 0 Å². The van der Waals surface area contributed by atoms with Crippen LogP contribution < -0.4 is 4.74 Å². The molecule has 0 aliphatic heterocycles. The van der Waals surface area contributed by atoms with E-state index in [1.165, 1.54) is 16.7 Å². The molecular weight excluding hydrogens is 356 g/mol. The molecule has 3 aromatic carbocycles. The summed E-state index contributed by atoms with van der Waals surface area (Å²) in [5, 5.41) is 0. The monoisotopic (exact) mass is 384 g/mol. The first-order chi connectivity index (χ1) is 13.9. The molecule has 0 aliphatic carbocycles. The van der Waals surface area contributed by atoms with Gasteiger partial charge in [0.1, 0.15) is 18.2 Å². The van der Waals surface area contributed by atoms with Gasteiger partial charge in [-0.1, -0.05) is 69.3 Å². The number of fused-ring (bicyclic) bond motifs is 1. The van der Waals surface area contributed by atoms with Crippen LogP contribution in [0.4, 0.5) is 0 Å². The van der Waals surface area contributed by atoms with Gasteiger partial charge in [0.15, 0.2) is 0 Å². The highest BCUT2D eigenvalue weighted by Crippen LogP contribution is 2.28. The molecule has 148 valence electrons. The number of imidazole rings is 1. The third-order valence-corrected chi connectivity index (χ3v) is 5.34. The first kappa shape index (κ1) is 19.3. The fraction of sp³-hybridized carbons (Fsp3) is 0.269. The Hall–Kier alpha value is -3.07. The second kappa shape index (κ2) is 7.75. The van der Waals surface area contributed by atoms with Crippen molar-refractivity contribution in [2.45, 2.75) is 39.7 Å². The molecule has 0 fully saturated rings. The summed E-state index contributed by atoms with van der Waals surface area (Å²) in [6.07, 6.45) is 0. The second-order valence-electron chi connectivity index (χ2n) is 8.51. The van der Waals surface area contributed by atoms with Crippen LogP contribution in [0.2, 0.25) is 0 Å². The molecule has 0 bridgehead atoms. The van der Waals surface area contributed by atoms with Gasteiger partial charge in [0, 0.05) is 5.56 Å². The molecule has 0 saturated carbocycles. The van der Waals surface area contributed by atoms with E-state index in [1.54, 1.807) is 0 Å². The molecule has 0 amide bonds. The predicted molar refractivity (Wildman–Crippen MR) is 121 cm³/mol. The van der Waals surface area contributed by atoms with E-state index in [9.17, 15) is 0 Å². The highest BCUT2D eigenvalue weighted by Gasteiger charge is 2.15. The maximum absolute atomic E-state index is 6.07. The molecule has 0 N–H and O–H groups in total. The van der Waals surface area contributed by atoms with Gasteiger partial charge in [0.2, 0.25) is 0 Å². The number of hydrogen-bond acceptors (Lipinski definition) is 2. The average molecular weight is 385 g/mol. The molecule has 1 aromatic heterocycles. The molecular formula is C26H28N2O. The van der Waals surface area contributed by atoms with Crippen molar-refractivity contribution in [2.75, 3.05) is 6.61 Å². The fourth-order valence-electron chi connectivity index (χ4n) is 3.64. The first-order valence-corrected chi connectivity index (χ1v) is 10.2. The van der Waals surface area contributed by atoms with E-state index in [0.717, 1.165) is 29.2 Å². The van der Waals surface area contributed by atoms with Crippen LogP contribution in [0.3, 0.4) is 0 Å². The molecule has 0 unspecified atom stereocenters. The van der Waals surface area contributed by atoms with Gasteiger partial charge < -0.3 is 9.30 Å². The minimum atomic E-state index is 0.150. The standard InChI is InChI=1S/C26H28N2O/c1-19-9-5-6-10-22(19)25-27-23-11-7-8-12-24(23)28(25)17-18-29-21-15-13-20(14-16-21)26(2,3)4/h5-16H,17-18H2,1-4H3. The van der Waals surface area contributed by atoms with Gasteiger partial charge in [-0.15, -0.1) is 0 Å². The summed E-state index contributed by atoms with van der Waals surface area (Å²) in [5.74, 6) is 1.90. The van der Waals surface area contributed by atoms with E-state index < -0.39 is 0 Å². The Morgan fingerprint density at radius 2 is 1.55 bits per heavy atom. The molecule has 0 atom stereocenters. The normalized spacial score (nSPS) is 11.7. The van der Waals surface area contributed by atoms with Crippen LogP contribution in [-0.2, 0) is 12.0 Å². The van der Waals surface area contributed by atoms with E-state index in [-0.39, 0.29) is 5.41 Å². The molecule has 0 radical (unpaired) electrons. The number of rotatable bonds is 5. The zero-order valence-electron chi connectivity index (χ0n) is 17.6. The molecule has 3 heteroatoms. The predicted octanol–water partition coefficient (Wildman–Crippen LogP) is 6.39. The van der Waals surface area contributed by atoms with Gasteiger partial charge in [-0.25, -0.2) is 4.98 Å². The largest absolute Gasteiger partial charge is 0.492 e. The average Bonchev–Trinajstić information content (AvgIpc) is 3.07. The molecule has 0 saturated heterocycles. The fourth-order valence-corrected chi connectivity index (χ4v) is 3.64. The summed E-state index contributed by atoms with van der Waals surface area (Å²) in [4.78, 5) is 4.92. The topological polar surface area (TPSA) is 27.1 Å². The van der Waals surface area contributed by atoms with Crippen molar-refractivity contribution in [1.82, 2.24) is 9.55 Å². The smallest absolute Gasteiger partial charge is 0.141 e. The summed E-state index contributed by atoms with van der Waals surface area (Å²) >= 11 is 0. The van der Waals surface area contributed by atoms with Crippen molar-refractivity contribution in [1.29, 1.82) is 0 Å². The van der Waals surface area contributed by atoms with Crippen molar-refractivity contribution in [3.05, 3.63) is 83.9 Å². The third-order valence-electron chi connectivity index (χ3n) is 5.34. The van der Waals surface area contributed by atoms with Crippen LogP contribution in [0.5, 0.6) is 5.75 Å². The summed E-state index contributed by atoms with van der Waals surface area (Å²) in [6.45, 7) is 10.1. The number of hydrogen-bond donors (Lipinski definition) is 0.